The molecular weight excluding hydrogens is 256 g/mol. The molecule has 0 saturated heterocycles. The summed E-state index contributed by atoms with van der Waals surface area (Å²) in [5.74, 6) is -1.02. The Morgan fingerprint density at radius 1 is 1.30 bits per heavy atom. The molecule has 0 aromatic heterocycles. The SMILES string of the molecule is CC(NC(=O)CC1(CN)CCCCC1)(C(=O)O)C1CC1. The normalized spacial score (nSPS) is 24.7. The van der Waals surface area contributed by atoms with E-state index in [0.29, 0.717) is 13.0 Å². The first kappa shape index (κ1) is 15.3. The summed E-state index contributed by atoms with van der Waals surface area (Å²) in [4.78, 5) is 23.7. The molecular formula is C15H26N2O3. The van der Waals surface area contributed by atoms with Crippen LogP contribution in [0.15, 0.2) is 0 Å². The van der Waals surface area contributed by atoms with E-state index in [1.807, 2.05) is 0 Å². The first-order valence-electron chi connectivity index (χ1n) is 7.66. The summed E-state index contributed by atoms with van der Waals surface area (Å²) in [6, 6.07) is 0. The summed E-state index contributed by atoms with van der Waals surface area (Å²) in [6.45, 7) is 2.13. The fourth-order valence-electron chi connectivity index (χ4n) is 3.42. The van der Waals surface area contributed by atoms with Crippen LogP contribution in [0.1, 0.15) is 58.3 Å². The van der Waals surface area contributed by atoms with Gasteiger partial charge in [0.05, 0.1) is 0 Å². The van der Waals surface area contributed by atoms with Gasteiger partial charge < -0.3 is 16.2 Å². The van der Waals surface area contributed by atoms with Crippen LogP contribution in [-0.4, -0.2) is 29.1 Å². The lowest BCUT2D eigenvalue weighted by Gasteiger charge is -2.37. The molecule has 2 aliphatic rings. The van der Waals surface area contributed by atoms with Gasteiger partial charge in [0, 0.05) is 6.42 Å². The summed E-state index contributed by atoms with van der Waals surface area (Å²) < 4.78 is 0. The highest BCUT2D eigenvalue weighted by atomic mass is 16.4. The van der Waals surface area contributed by atoms with E-state index < -0.39 is 11.5 Å². The molecule has 2 fully saturated rings. The quantitative estimate of drug-likeness (QED) is 0.690. The molecule has 2 rings (SSSR count). The lowest BCUT2D eigenvalue weighted by Crippen LogP contribution is -2.55. The minimum absolute atomic E-state index is 0.0733. The number of carboxylic acids is 1. The van der Waals surface area contributed by atoms with Crippen molar-refractivity contribution >= 4 is 11.9 Å². The number of carbonyl (C=O) groups excluding carboxylic acids is 1. The molecule has 20 heavy (non-hydrogen) atoms. The largest absolute Gasteiger partial charge is 0.480 e. The maximum Gasteiger partial charge on any atom is 0.329 e. The van der Waals surface area contributed by atoms with Crippen molar-refractivity contribution in [3.63, 3.8) is 0 Å². The van der Waals surface area contributed by atoms with E-state index >= 15 is 0 Å². The predicted octanol–water partition coefficient (Wildman–Crippen LogP) is 1.66. The molecule has 1 atom stereocenters. The van der Waals surface area contributed by atoms with Gasteiger partial charge in [-0.15, -0.1) is 0 Å². The van der Waals surface area contributed by atoms with E-state index in [9.17, 15) is 14.7 Å². The van der Waals surface area contributed by atoms with Gasteiger partial charge >= 0.3 is 5.97 Å². The zero-order valence-electron chi connectivity index (χ0n) is 12.3. The van der Waals surface area contributed by atoms with Gasteiger partial charge in [0.2, 0.25) is 5.91 Å². The molecule has 1 unspecified atom stereocenters. The van der Waals surface area contributed by atoms with E-state index in [2.05, 4.69) is 5.32 Å². The van der Waals surface area contributed by atoms with Gasteiger partial charge in [-0.05, 0) is 50.5 Å². The second-order valence-corrected chi connectivity index (χ2v) is 6.77. The highest BCUT2D eigenvalue weighted by Crippen LogP contribution is 2.41. The standard InChI is InChI=1S/C15H26N2O3/c1-14(13(19)20,11-5-6-11)17-12(18)9-15(10-16)7-3-2-4-8-15/h11H,2-10,16H2,1H3,(H,17,18)(H,19,20). The third-order valence-corrected chi connectivity index (χ3v) is 5.12. The maximum absolute atomic E-state index is 12.3. The van der Waals surface area contributed by atoms with Crippen LogP contribution in [0.4, 0.5) is 0 Å². The van der Waals surface area contributed by atoms with Crippen LogP contribution in [-0.2, 0) is 9.59 Å². The minimum Gasteiger partial charge on any atom is -0.480 e. The number of nitrogens with one attached hydrogen (secondary N) is 1. The zero-order chi connectivity index (χ0) is 14.8. The average Bonchev–Trinajstić information content (AvgIpc) is 3.23. The first-order chi connectivity index (χ1) is 9.42. The van der Waals surface area contributed by atoms with Crippen LogP contribution in [0.5, 0.6) is 0 Å². The van der Waals surface area contributed by atoms with E-state index in [1.54, 1.807) is 6.92 Å². The van der Waals surface area contributed by atoms with Crippen molar-refractivity contribution in [3.8, 4) is 0 Å². The molecule has 0 spiro atoms. The Morgan fingerprint density at radius 3 is 2.35 bits per heavy atom. The van der Waals surface area contributed by atoms with Crippen LogP contribution in [0.2, 0.25) is 0 Å². The van der Waals surface area contributed by atoms with Crippen molar-refractivity contribution in [3.05, 3.63) is 0 Å². The van der Waals surface area contributed by atoms with E-state index in [-0.39, 0.29) is 17.2 Å². The Kier molecular flexibility index (Phi) is 4.37. The number of nitrogens with two attached hydrogens (primary N) is 1. The molecule has 5 heteroatoms. The second-order valence-electron chi connectivity index (χ2n) is 6.77. The van der Waals surface area contributed by atoms with Crippen LogP contribution in [0, 0.1) is 11.3 Å². The fraction of sp³-hybridized carbons (Fsp3) is 0.867. The Labute approximate surface area is 120 Å². The number of carbonyl (C=O) groups is 2. The summed E-state index contributed by atoms with van der Waals surface area (Å²) in [5, 5.41) is 12.1. The summed E-state index contributed by atoms with van der Waals surface area (Å²) in [5.41, 5.74) is 4.66. The molecule has 2 aliphatic carbocycles. The van der Waals surface area contributed by atoms with Crippen molar-refractivity contribution in [2.24, 2.45) is 17.1 Å². The fourth-order valence-corrected chi connectivity index (χ4v) is 3.42. The Balaban J connectivity index is 1.98. The smallest absolute Gasteiger partial charge is 0.329 e. The van der Waals surface area contributed by atoms with Crippen molar-refractivity contribution < 1.29 is 14.7 Å². The number of carboxylic acid groups (broad SMARTS) is 1. The van der Waals surface area contributed by atoms with Crippen molar-refractivity contribution in [1.29, 1.82) is 0 Å². The molecule has 0 aromatic carbocycles. The molecule has 0 radical (unpaired) electrons. The third-order valence-electron chi connectivity index (χ3n) is 5.12. The Morgan fingerprint density at radius 2 is 1.90 bits per heavy atom. The maximum atomic E-state index is 12.3. The third kappa shape index (κ3) is 3.14. The van der Waals surface area contributed by atoms with E-state index in [0.717, 1.165) is 38.5 Å². The Hall–Kier alpha value is -1.10. The molecule has 0 aromatic rings. The van der Waals surface area contributed by atoms with Crippen molar-refractivity contribution in [1.82, 2.24) is 5.32 Å². The number of amides is 1. The number of hydrogen-bond donors (Lipinski definition) is 3. The molecule has 0 aliphatic heterocycles. The average molecular weight is 282 g/mol. The van der Waals surface area contributed by atoms with E-state index in [4.69, 9.17) is 5.73 Å². The summed E-state index contributed by atoms with van der Waals surface area (Å²) in [6.07, 6.45) is 7.51. The zero-order valence-corrected chi connectivity index (χ0v) is 12.3. The Bertz CT molecular complexity index is 387. The molecule has 0 bridgehead atoms. The minimum atomic E-state index is -1.11. The monoisotopic (exact) mass is 282 g/mol. The van der Waals surface area contributed by atoms with Gasteiger partial charge in [0.25, 0.3) is 0 Å². The number of hydrogen-bond acceptors (Lipinski definition) is 3. The van der Waals surface area contributed by atoms with Gasteiger partial charge in [-0.25, -0.2) is 4.79 Å². The summed E-state index contributed by atoms with van der Waals surface area (Å²) >= 11 is 0. The molecule has 2 saturated carbocycles. The van der Waals surface area contributed by atoms with Crippen molar-refractivity contribution in [2.75, 3.05) is 6.54 Å². The second kappa shape index (κ2) is 5.72. The van der Waals surface area contributed by atoms with Gasteiger partial charge in [-0.3, -0.25) is 4.79 Å². The molecule has 4 N–H and O–H groups in total. The lowest BCUT2D eigenvalue weighted by atomic mass is 9.71. The van der Waals surface area contributed by atoms with Gasteiger partial charge in [0.15, 0.2) is 0 Å². The van der Waals surface area contributed by atoms with E-state index in [1.165, 1.54) is 6.42 Å². The topological polar surface area (TPSA) is 92.4 Å². The van der Waals surface area contributed by atoms with Crippen molar-refractivity contribution in [2.45, 2.75) is 63.8 Å². The van der Waals surface area contributed by atoms with Crippen LogP contribution >= 0.6 is 0 Å². The number of aliphatic carboxylic acids is 1. The predicted molar refractivity (Wildman–Crippen MR) is 76.1 cm³/mol. The van der Waals surface area contributed by atoms with Crippen LogP contribution in [0.3, 0.4) is 0 Å². The van der Waals surface area contributed by atoms with Gasteiger partial charge in [-0.1, -0.05) is 19.3 Å². The highest BCUT2D eigenvalue weighted by Gasteiger charge is 2.49. The highest BCUT2D eigenvalue weighted by molar-refractivity contribution is 5.87. The molecule has 0 heterocycles. The van der Waals surface area contributed by atoms with Gasteiger partial charge in [0.1, 0.15) is 5.54 Å². The van der Waals surface area contributed by atoms with Crippen LogP contribution < -0.4 is 11.1 Å². The number of rotatable bonds is 6. The molecule has 114 valence electrons. The lowest BCUT2D eigenvalue weighted by molar-refractivity contribution is -0.148. The first-order valence-corrected chi connectivity index (χ1v) is 7.66. The van der Waals surface area contributed by atoms with Gasteiger partial charge in [-0.2, -0.15) is 0 Å². The molecule has 5 nitrogen and oxygen atoms in total. The van der Waals surface area contributed by atoms with Crippen LogP contribution in [0.25, 0.3) is 0 Å². The molecule has 1 amide bonds. The summed E-state index contributed by atoms with van der Waals surface area (Å²) in [7, 11) is 0.